The molecule has 19 heavy (non-hydrogen) atoms. The molecule has 0 saturated carbocycles. The number of hydrogen-bond donors (Lipinski definition) is 1. The van der Waals surface area contributed by atoms with Crippen LogP contribution in [0.5, 0.6) is 0 Å². The molecule has 0 aromatic heterocycles. The summed E-state index contributed by atoms with van der Waals surface area (Å²) in [6.07, 6.45) is 3.55. The Morgan fingerprint density at radius 2 is 1.95 bits per heavy atom. The van der Waals surface area contributed by atoms with Gasteiger partial charge in [-0.1, -0.05) is 54.4 Å². The molecule has 0 fully saturated rings. The first kappa shape index (κ1) is 16.7. The minimum absolute atomic E-state index is 0.531. The summed E-state index contributed by atoms with van der Waals surface area (Å²) in [5.41, 5.74) is 1.41. The van der Waals surface area contributed by atoms with Crippen LogP contribution in [0.3, 0.4) is 0 Å². The Hall–Kier alpha value is -0.380. The standard InChI is InChI=1S/C16H26BrNO/c1-13(2)18-12-14(8-6-7-11-19-3)15-9-4-5-10-16(15)17/h4-5,9-10,13-14,18H,6-8,11-12H2,1-3H3. The predicted molar refractivity (Wildman–Crippen MR) is 85.7 cm³/mol. The van der Waals surface area contributed by atoms with Crippen molar-refractivity contribution < 1.29 is 4.74 Å². The van der Waals surface area contributed by atoms with Gasteiger partial charge in [-0.05, 0) is 30.4 Å². The number of nitrogens with one attached hydrogen (secondary N) is 1. The quantitative estimate of drug-likeness (QED) is 0.681. The molecule has 0 bridgehead atoms. The minimum atomic E-state index is 0.531. The van der Waals surface area contributed by atoms with Crippen molar-refractivity contribution in [3.63, 3.8) is 0 Å². The first-order chi connectivity index (χ1) is 9.15. The van der Waals surface area contributed by atoms with Gasteiger partial charge in [0.1, 0.15) is 0 Å². The molecule has 1 atom stereocenters. The van der Waals surface area contributed by atoms with Crippen LogP contribution in [0.2, 0.25) is 0 Å². The van der Waals surface area contributed by atoms with E-state index in [1.807, 2.05) is 0 Å². The number of unbranched alkanes of at least 4 members (excludes halogenated alkanes) is 1. The van der Waals surface area contributed by atoms with Crippen molar-refractivity contribution >= 4 is 15.9 Å². The lowest BCUT2D eigenvalue weighted by Crippen LogP contribution is -2.28. The van der Waals surface area contributed by atoms with Gasteiger partial charge >= 0.3 is 0 Å². The molecule has 0 heterocycles. The van der Waals surface area contributed by atoms with Gasteiger partial charge in [0, 0.05) is 30.8 Å². The van der Waals surface area contributed by atoms with Crippen molar-refractivity contribution in [1.82, 2.24) is 5.32 Å². The molecule has 2 nitrogen and oxygen atoms in total. The molecule has 0 amide bonds. The van der Waals surface area contributed by atoms with Crippen LogP contribution in [0.4, 0.5) is 0 Å². The van der Waals surface area contributed by atoms with E-state index >= 15 is 0 Å². The maximum atomic E-state index is 5.13. The van der Waals surface area contributed by atoms with E-state index in [0.29, 0.717) is 12.0 Å². The third-order valence-corrected chi connectivity index (χ3v) is 3.99. The first-order valence-corrected chi connectivity index (χ1v) is 7.91. The predicted octanol–water partition coefficient (Wildman–Crippen LogP) is 4.35. The van der Waals surface area contributed by atoms with E-state index in [9.17, 15) is 0 Å². The van der Waals surface area contributed by atoms with E-state index in [1.165, 1.54) is 22.9 Å². The summed E-state index contributed by atoms with van der Waals surface area (Å²) in [4.78, 5) is 0. The monoisotopic (exact) mass is 327 g/mol. The molecule has 1 aromatic rings. The Morgan fingerprint density at radius 1 is 1.21 bits per heavy atom. The second kappa shape index (κ2) is 9.51. The molecule has 1 aromatic carbocycles. The van der Waals surface area contributed by atoms with Gasteiger partial charge in [-0.2, -0.15) is 0 Å². The van der Waals surface area contributed by atoms with Gasteiger partial charge in [0.05, 0.1) is 0 Å². The Kier molecular flexibility index (Phi) is 8.35. The number of benzene rings is 1. The van der Waals surface area contributed by atoms with E-state index in [0.717, 1.165) is 19.6 Å². The highest BCUT2D eigenvalue weighted by Crippen LogP contribution is 2.28. The van der Waals surface area contributed by atoms with Crippen LogP contribution < -0.4 is 5.32 Å². The van der Waals surface area contributed by atoms with Crippen LogP contribution in [0, 0.1) is 0 Å². The van der Waals surface area contributed by atoms with E-state index in [1.54, 1.807) is 7.11 Å². The summed E-state index contributed by atoms with van der Waals surface area (Å²) in [5.74, 6) is 0.565. The topological polar surface area (TPSA) is 21.3 Å². The Labute approximate surface area is 126 Å². The minimum Gasteiger partial charge on any atom is -0.385 e. The third kappa shape index (κ3) is 6.55. The maximum Gasteiger partial charge on any atom is 0.0462 e. The van der Waals surface area contributed by atoms with Crippen molar-refractivity contribution in [2.45, 2.75) is 45.1 Å². The number of ether oxygens (including phenoxy) is 1. The summed E-state index contributed by atoms with van der Waals surface area (Å²) >= 11 is 3.67. The molecule has 0 spiro atoms. The zero-order valence-electron chi connectivity index (χ0n) is 12.3. The van der Waals surface area contributed by atoms with Crippen LogP contribution in [0.25, 0.3) is 0 Å². The van der Waals surface area contributed by atoms with Crippen LogP contribution in [-0.2, 0) is 4.74 Å². The second-order valence-electron chi connectivity index (χ2n) is 5.27. The van der Waals surface area contributed by atoms with E-state index in [2.05, 4.69) is 59.4 Å². The summed E-state index contributed by atoms with van der Waals surface area (Å²) in [5, 5.41) is 3.56. The molecule has 0 saturated heterocycles. The zero-order valence-corrected chi connectivity index (χ0v) is 13.9. The lowest BCUT2D eigenvalue weighted by atomic mass is 9.93. The van der Waals surface area contributed by atoms with Crippen molar-refractivity contribution in [2.75, 3.05) is 20.3 Å². The van der Waals surface area contributed by atoms with Gasteiger partial charge in [-0.3, -0.25) is 0 Å². The molecule has 3 heteroatoms. The largest absolute Gasteiger partial charge is 0.385 e. The Balaban J connectivity index is 2.60. The van der Waals surface area contributed by atoms with Crippen molar-refractivity contribution in [2.24, 2.45) is 0 Å². The summed E-state index contributed by atoms with van der Waals surface area (Å²) in [6.45, 7) is 6.29. The summed E-state index contributed by atoms with van der Waals surface area (Å²) < 4.78 is 6.35. The number of methoxy groups -OCH3 is 1. The number of halogens is 1. The van der Waals surface area contributed by atoms with Crippen LogP contribution in [0.1, 0.15) is 44.6 Å². The highest BCUT2D eigenvalue weighted by molar-refractivity contribution is 9.10. The average Bonchev–Trinajstić information content (AvgIpc) is 2.39. The molecule has 0 aliphatic rings. The highest BCUT2D eigenvalue weighted by atomic mass is 79.9. The number of rotatable bonds is 9. The highest BCUT2D eigenvalue weighted by Gasteiger charge is 2.14. The number of hydrogen-bond acceptors (Lipinski definition) is 2. The Bertz CT molecular complexity index is 354. The SMILES string of the molecule is COCCCCC(CNC(C)C)c1ccccc1Br. The summed E-state index contributed by atoms with van der Waals surface area (Å²) in [7, 11) is 1.77. The molecule has 0 aliphatic carbocycles. The van der Waals surface area contributed by atoms with E-state index in [4.69, 9.17) is 4.74 Å². The van der Waals surface area contributed by atoms with E-state index < -0.39 is 0 Å². The molecule has 1 rings (SSSR count). The summed E-state index contributed by atoms with van der Waals surface area (Å²) in [6, 6.07) is 9.09. The zero-order chi connectivity index (χ0) is 14.1. The Morgan fingerprint density at radius 3 is 2.58 bits per heavy atom. The fourth-order valence-electron chi connectivity index (χ4n) is 2.19. The van der Waals surface area contributed by atoms with Gasteiger partial charge in [-0.15, -0.1) is 0 Å². The van der Waals surface area contributed by atoms with Crippen LogP contribution >= 0.6 is 15.9 Å². The molecule has 0 radical (unpaired) electrons. The fraction of sp³-hybridized carbons (Fsp3) is 0.625. The van der Waals surface area contributed by atoms with Gasteiger partial charge in [0.25, 0.3) is 0 Å². The third-order valence-electron chi connectivity index (χ3n) is 3.27. The molecular formula is C16H26BrNO. The van der Waals surface area contributed by atoms with Crippen molar-refractivity contribution in [3.05, 3.63) is 34.3 Å². The lowest BCUT2D eigenvalue weighted by molar-refractivity contribution is 0.191. The smallest absolute Gasteiger partial charge is 0.0462 e. The lowest BCUT2D eigenvalue weighted by Gasteiger charge is -2.21. The molecule has 0 aliphatic heterocycles. The first-order valence-electron chi connectivity index (χ1n) is 7.12. The van der Waals surface area contributed by atoms with Crippen LogP contribution in [0.15, 0.2) is 28.7 Å². The molecule has 1 N–H and O–H groups in total. The fourth-order valence-corrected chi connectivity index (χ4v) is 2.80. The van der Waals surface area contributed by atoms with Gasteiger partial charge < -0.3 is 10.1 Å². The maximum absolute atomic E-state index is 5.13. The molecule has 1 unspecified atom stereocenters. The molecular weight excluding hydrogens is 302 g/mol. The van der Waals surface area contributed by atoms with Gasteiger partial charge in [-0.25, -0.2) is 0 Å². The second-order valence-corrected chi connectivity index (χ2v) is 6.12. The van der Waals surface area contributed by atoms with Crippen molar-refractivity contribution in [1.29, 1.82) is 0 Å². The van der Waals surface area contributed by atoms with Crippen LogP contribution in [-0.4, -0.2) is 26.3 Å². The van der Waals surface area contributed by atoms with Gasteiger partial charge in [0.2, 0.25) is 0 Å². The average molecular weight is 328 g/mol. The normalized spacial score (nSPS) is 12.9. The van der Waals surface area contributed by atoms with Gasteiger partial charge in [0.15, 0.2) is 0 Å². The van der Waals surface area contributed by atoms with Crippen molar-refractivity contribution in [3.8, 4) is 0 Å². The van der Waals surface area contributed by atoms with E-state index in [-0.39, 0.29) is 0 Å². The molecule has 108 valence electrons.